The second kappa shape index (κ2) is 6.03. The van der Waals surface area contributed by atoms with Crippen molar-refractivity contribution in [2.75, 3.05) is 31.9 Å². The van der Waals surface area contributed by atoms with E-state index >= 15 is 0 Å². The molecule has 1 saturated heterocycles. The first-order valence-electron chi connectivity index (χ1n) is 6.23. The van der Waals surface area contributed by atoms with Gasteiger partial charge < -0.3 is 5.32 Å². The summed E-state index contributed by atoms with van der Waals surface area (Å²) in [5.74, 6) is -0.112. The summed E-state index contributed by atoms with van der Waals surface area (Å²) >= 11 is 0. The van der Waals surface area contributed by atoms with Crippen molar-refractivity contribution in [3.05, 3.63) is 29.8 Å². The van der Waals surface area contributed by atoms with Gasteiger partial charge in [0.25, 0.3) is 0 Å². The van der Waals surface area contributed by atoms with Gasteiger partial charge in [-0.25, -0.2) is 8.42 Å². The van der Waals surface area contributed by atoms with E-state index in [0.717, 1.165) is 0 Å². The summed E-state index contributed by atoms with van der Waals surface area (Å²) in [4.78, 5) is 13.2. The highest BCUT2D eigenvalue weighted by atomic mass is 32.2. The van der Waals surface area contributed by atoms with Crippen LogP contribution in [0.2, 0.25) is 0 Å². The molecule has 1 aromatic carbocycles. The maximum atomic E-state index is 12.1. The van der Waals surface area contributed by atoms with E-state index in [-0.39, 0.29) is 23.1 Å². The molecule has 1 aliphatic rings. The van der Waals surface area contributed by atoms with Crippen LogP contribution < -0.4 is 5.32 Å². The second-order valence-corrected chi connectivity index (χ2v) is 6.69. The fourth-order valence-corrected chi connectivity index (χ4v) is 3.27. The minimum absolute atomic E-state index is 0.0355. The zero-order chi connectivity index (χ0) is 14.6. The first-order valence-corrected chi connectivity index (χ1v) is 7.88. The number of piperazine rings is 1. The molecule has 6 nitrogen and oxygen atoms in total. The number of hydrogen-bond acceptors (Lipinski definition) is 5. The molecular weight excluding hydrogens is 278 g/mol. The molecule has 0 radical (unpaired) electrons. The van der Waals surface area contributed by atoms with Crippen LogP contribution >= 0.6 is 0 Å². The SMILES string of the molecule is N#Cc1ccc(S(=O)(=O)CCN2CCNC(=O)C2)cc1. The Kier molecular flexibility index (Phi) is 4.37. The Hall–Kier alpha value is -1.91. The summed E-state index contributed by atoms with van der Waals surface area (Å²) in [6.45, 7) is 1.78. The summed E-state index contributed by atoms with van der Waals surface area (Å²) in [6.07, 6.45) is 0. The highest BCUT2D eigenvalue weighted by molar-refractivity contribution is 7.91. The fourth-order valence-electron chi connectivity index (χ4n) is 1.99. The first kappa shape index (κ1) is 14.5. The lowest BCUT2D eigenvalue weighted by Gasteiger charge is -2.26. The van der Waals surface area contributed by atoms with Crippen molar-refractivity contribution in [1.82, 2.24) is 10.2 Å². The number of carbonyl (C=O) groups excluding carboxylic acids is 1. The van der Waals surface area contributed by atoms with Crippen LogP contribution in [0.3, 0.4) is 0 Å². The number of amides is 1. The van der Waals surface area contributed by atoms with Crippen molar-refractivity contribution in [3.63, 3.8) is 0 Å². The third kappa shape index (κ3) is 3.56. The van der Waals surface area contributed by atoms with E-state index in [1.165, 1.54) is 24.3 Å². The number of hydrogen-bond donors (Lipinski definition) is 1. The standard InChI is InChI=1S/C13H15N3O3S/c14-9-11-1-3-12(4-2-11)20(18,19)8-7-16-6-5-15-13(17)10-16/h1-4H,5-8,10H2,(H,15,17). The molecule has 0 atom stereocenters. The second-order valence-electron chi connectivity index (χ2n) is 4.58. The van der Waals surface area contributed by atoms with Gasteiger partial charge in [-0.15, -0.1) is 0 Å². The summed E-state index contributed by atoms with van der Waals surface area (Å²) in [5.41, 5.74) is 0.427. The van der Waals surface area contributed by atoms with Gasteiger partial charge in [-0.3, -0.25) is 9.69 Å². The molecule has 0 aliphatic carbocycles. The molecule has 1 N–H and O–H groups in total. The van der Waals surface area contributed by atoms with Crippen molar-refractivity contribution < 1.29 is 13.2 Å². The lowest BCUT2D eigenvalue weighted by molar-refractivity contribution is -0.123. The van der Waals surface area contributed by atoms with Gasteiger partial charge in [-0.1, -0.05) is 0 Å². The van der Waals surface area contributed by atoms with Gasteiger partial charge in [0, 0.05) is 19.6 Å². The van der Waals surface area contributed by atoms with Gasteiger partial charge in [0.2, 0.25) is 5.91 Å². The van der Waals surface area contributed by atoms with Crippen molar-refractivity contribution >= 4 is 15.7 Å². The minimum Gasteiger partial charge on any atom is -0.354 e. The highest BCUT2D eigenvalue weighted by Gasteiger charge is 2.20. The Morgan fingerprint density at radius 3 is 2.60 bits per heavy atom. The number of carbonyl (C=O) groups is 1. The summed E-state index contributed by atoms with van der Waals surface area (Å²) in [6, 6.07) is 7.80. The molecule has 0 unspecified atom stereocenters. The molecule has 1 aromatic rings. The molecule has 7 heteroatoms. The van der Waals surface area contributed by atoms with Crippen LogP contribution in [0.25, 0.3) is 0 Å². The zero-order valence-corrected chi connectivity index (χ0v) is 11.7. The van der Waals surface area contributed by atoms with E-state index in [4.69, 9.17) is 5.26 Å². The molecule has 1 heterocycles. The van der Waals surface area contributed by atoms with E-state index in [2.05, 4.69) is 5.32 Å². The number of rotatable bonds is 4. The Labute approximate surface area is 117 Å². The predicted octanol–water partition coefficient (Wildman–Crippen LogP) is -0.236. The highest BCUT2D eigenvalue weighted by Crippen LogP contribution is 2.12. The van der Waals surface area contributed by atoms with E-state index in [1.54, 1.807) is 0 Å². The molecule has 2 rings (SSSR count). The normalized spacial score (nSPS) is 16.4. The third-order valence-corrected chi connectivity index (χ3v) is 4.85. The maximum absolute atomic E-state index is 12.1. The number of nitrogens with one attached hydrogen (secondary N) is 1. The molecule has 0 spiro atoms. The van der Waals surface area contributed by atoms with Crippen molar-refractivity contribution in [3.8, 4) is 6.07 Å². The lowest BCUT2D eigenvalue weighted by Crippen LogP contribution is -2.48. The Morgan fingerprint density at radius 2 is 2.00 bits per heavy atom. The Bertz CT molecular complexity index is 632. The minimum atomic E-state index is -3.38. The van der Waals surface area contributed by atoms with E-state index in [1.807, 2.05) is 11.0 Å². The summed E-state index contributed by atoms with van der Waals surface area (Å²) < 4.78 is 24.3. The molecule has 106 valence electrons. The monoisotopic (exact) mass is 293 g/mol. The predicted molar refractivity (Wildman–Crippen MR) is 72.7 cm³/mol. The van der Waals surface area contributed by atoms with Crippen LogP contribution in [0.4, 0.5) is 0 Å². The molecule has 1 fully saturated rings. The van der Waals surface area contributed by atoms with E-state index in [9.17, 15) is 13.2 Å². The van der Waals surface area contributed by atoms with Crippen LogP contribution in [-0.4, -0.2) is 51.2 Å². The van der Waals surface area contributed by atoms with Crippen molar-refractivity contribution in [2.45, 2.75) is 4.90 Å². The lowest BCUT2D eigenvalue weighted by atomic mass is 10.2. The number of sulfone groups is 1. The van der Waals surface area contributed by atoms with Gasteiger partial charge in [-0.05, 0) is 24.3 Å². The average molecular weight is 293 g/mol. The van der Waals surface area contributed by atoms with E-state index in [0.29, 0.717) is 25.2 Å². The number of benzene rings is 1. The maximum Gasteiger partial charge on any atom is 0.234 e. The summed E-state index contributed by atoms with van der Waals surface area (Å²) in [5, 5.41) is 11.4. The molecule has 0 saturated carbocycles. The van der Waals surface area contributed by atoms with Crippen LogP contribution in [0.15, 0.2) is 29.2 Å². The molecular formula is C13H15N3O3S. The molecule has 20 heavy (non-hydrogen) atoms. The smallest absolute Gasteiger partial charge is 0.234 e. The van der Waals surface area contributed by atoms with Crippen LogP contribution in [0, 0.1) is 11.3 Å². The Morgan fingerprint density at radius 1 is 1.30 bits per heavy atom. The number of nitrogens with zero attached hydrogens (tertiary/aromatic N) is 2. The van der Waals surface area contributed by atoms with Crippen LogP contribution in [-0.2, 0) is 14.6 Å². The van der Waals surface area contributed by atoms with Crippen LogP contribution in [0.1, 0.15) is 5.56 Å². The van der Waals surface area contributed by atoms with Crippen molar-refractivity contribution in [2.24, 2.45) is 0 Å². The number of nitriles is 1. The molecule has 1 amide bonds. The van der Waals surface area contributed by atoms with Crippen molar-refractivity contribution in [1.29, 1.82) is 5.26 Å². The topological polar surface area (TPSA) is 90.3 Å². The largest absolute Gasteiger partial charge is 0.354 e. The van der Waals surface area contributed by atoms with E-state index < -0.39 is 9.84 Å². The van der Waals surface area contributed by atoms with Gasteiger partial charge >= 0.3 is 0 Å². The molecule has 0 aromatic heterocycles. The third-order valence-electron chi connectivity index (χ3n) is 3.14. The molecule has 0 bridgehead atoms. The average Bonchev–Trinajstić information content (AvgIpc) is 2.45. The van der Waals surface area contributed by atoms with Gasteiger partial charge in [-0.2, -0.15) is 5.26 Å². The van der Waals surface area contributed by atoms with Gasteiger partial charge in [0.05, 0.1) is 28.8 Å². The summed E-state index contributed by atoms with van der Waals surface area (Å²) in [7, 11) is -3.38. The fraction of sp³-hybridized carbons (Fsp3) is 0.385. The van der Waals surface area contributed by atoms with Gasteiger partial charge in [0.15, 0.2) is 9.84 Å². The van der Waals surface area contributed by atoms with Crippen LogP contribution in [0.5, 0.6) is 0 Å². The van der Waals surface area contributed by atoms with Gasteiger partial charge in [0.1, 0.15) is 0 Å². The molecule has 1 aliphatic heterocycles. The Balaban J connectivity index is 2.00. The first-order chi connectivity index (χ1) is 9.51. The zero-order valence-electron chi connectivity index (χ0n) is 10.9. The quantitative estimate of drug-likeness (QED) is 0.827.